The number of carbonyl (C=O) groups is 1. The second-order valence-electron chi connectivity index (χ2n) is 8.13. The van der Waals surface area contributed by atoms with E-state index in [2.05, 4.69) is 79.9 Å². The summed E-state index contributed by atoms with van der Waals surface area (Å²) in [5, 5.41) is 8.85. The van der Waals surface area contributed by atoms with Gasteiger partial charge in [-0.25, -0.2) is 4.58 Å². The maximum Gasteiger partial charge on any atom is 0.303 e. The van der Waals surface area contributed by atoms with E-state index in [-0.39, 0.29) is 11.8 Å². The van der Waals surface area contributed by atoms with Crippen LogP contribution in [0.25, 0.3) is 6.08 Å². The molecule has 27 heavy (non-hydrogen) atoms. The standard InChI is InChI=1S/C23H28N2O2/c1-23(2)20-14-18(24(3)4)10-8-16(20)13-17-9-11-19(15-21(17)23)25(5)12-6-7-22(26)27/h8-11,13-15H,6-7,12H2,1-5H3/p+1. The third-order valence-corrected chi connectivity index (χ3v) is 5.57. The summed E-state index contributed by atoms with van der Waals surface area (Å²) in [7, 11) is 6.17. The van der Waals surface area contributed by atoms with Crippen molar-refractivity contribution in [3.63, 3.8) is 0 Å². The molecule has 0 saturated heterocycles. The Hall–Kier alpha value is -2.62. The Bertz CT molecular complexity index is 897. The molecule has 1 N–H and O–H groups in total. The highest BCUT2D eigenvalue weighted by Gasteiger charge is 2.35. The van der Waals surface area contributed by atoms with Crippen LogP contribution >= 0.6 is 0 Å². The Morgan fingerprint density at radius 1 is 1.19 bits per heavy atom. The Kier molecular flexibility index (Phi) is 5.09. The summed E-state index contributed by atoms with van der Waals surface area (Å²) in [5.41, 5.74) is 7.44. The van der Waals surface area contributed by atoms with Gasteiger partial charge in [0.05, 0.1) is 0 Å². The third kappa shape index (κ3) is 3.75. The average molecular weight is 365 g/mol. The minimum atomic E-state index is -0.738. The highest BCUT2D eigenvalue weighted by molar-refractivity contribution is 6.04. The maximum absolute atomic E-state index is 10.8. The Balaban J connectivity index is 1.96. The molecule has 0 radical (unpaired) electrons. The van der Waals surface area contributed by atoms with Gasteiger partial charge in [0.15, 0.2) is 5.71 Å². The van der Waals surface area contributed by atoms with Gasteiger partial charge in [0.25, 0.3) is 0 Å². The molecule has 0 fully saturated rings. The number of carboxylic acids is 1. The number of benzene rings is 1. The molecule has 1 aromatic rings. The minimum absolute atomic E-state index is 0.0939. The predicted octanol–water partition coefficient (Wildman–Crippen LogP) is 3.87. The van der Waals surface area contributed by atoms with E-state index in [1.54, 1.807) is 0 Å². The number of hydrogen-bond donors (Lipinski definition) is 1. The first-order valence-corrected chi connectivity index (χ1v) is 9.44. The van der Waals surface area contributed by atoms with Crippen LogP contribution in [0.5, 0.6) is 0 Å². The maximum atomic E-state index is 10.8. The van der Waals surface area contributed by atoms with E-state index in [0.717, 1.165) is 12.2 Å². The van der Waals surface area contributed by atoms with Crippen LogP contribution < -0.4 is 4.90 Å². The van der Waals surface area contributed by atoms with E-state index in [4.69, 9.17) is 5.11 Å². The molecule has 2 aliphatic rings. The smallest absolute Gasteiger partial charge is 0.303 e. The molecule has 3 rings (SSSR count). The van der Waals surface area contributed by atoms with Crippen molar-refractivity contribution in [3.05, 3.63) is 58.7 Å². The number of carboxylic acid groups (broad SMARTS) is 1. The molecule has 4 nitrogen and oxygen atoms in total. The number of allylic oxidation sites excluding steroid dienone is 5. The second-order valence-corrected chi connectivity index (χ2v) is 8.13. The van der Waals surface area contributed by atoms with Crippen molar-refractivity contribution >= 4 is 23.4 Å². The van der Waals surface area contributed by atoms with Gasteiger partial charge in [0.2, 0.25) is 0 Å². The fraction of sp³-hybridized carbons (Fsp3) is 0.391. The van der Waals surface area contributed by atoms with Gasteiger partial charge < -0.3 is 10.0 Å². The summed E-state index contributed by atoms with van der Waals surface area (Å²) in [6.07, 6.45) is 9.78. The Labute approximate surface area is 161 Å². The number of rotatable bonds is 5. The first-order valence-electron chi connectivity index (χ1n) is 9.44. The van der Waals surface area contributed by atoms with Crippen molar-refractivity contribution in [2.45, 2.75) is 32.1 Å². The molecule has 0 heterocycles. The number of anilines is 1. The molecule has 142 valence electrons. The highest BCUT2D eigenvalue weighted by atomic mass is 16.4. The fourth-order valence-corrected chi connectivity index (χ4v) is 3.85. The van der Waals surface area contributed by atoms with Crippen molar-refractivity contribution < 1.29 is 14.5 Å². The molecular formula is C23H29N2O2+. The summed E-state index contributed by atoms with van der Waals surface area (Å²) in [6.45, 7) is 5.30. The van der Waals surface area contributed by atoms with E-state index in [1.807, 2.05) is 7.05 Å². The summed E-state index contributed by atoms with van der Waals surface area (Å²) in [5.74, 6) is -0.738. The molecule has 0 aromatic heterocycles. The molecule has 0 unspecified atom stereocenters. The van der Waals surface area contributed by atoms with Gasteiger partial charge in [0.1, 0.15) is 14.1 Å². The molecule has 0 saturated carbocycles. The van der Waals surface area contributed by atoms with Crippen molar-refractivity contribution in [1.82, 2.24) is 0 Å². The Morgan fingerprint density at radius 2 is 1.93 bits per heavy atom. The monoisotopic (exact) mass is 365 g/mol. The van der Waals surface area contributed by atoms with Crippen LogP contribution in [0.3, 0.4) is 0 Å². The molecule has 0 amide bonds. The minimum Gasteiger partial charge on any atom is -0.481 e. The molecule has 0 aliphatic heterocycles. The van der Waals surface area contributed by atoms with Gasteiger partial charge in [-0.05, 0) is 53.0 Å². The van der Waals surface area contributed by atoms with E-state index in [0.29, 0.717) is 6.42 Å². The number of aliphatic carboxylic acids is 1. The lowest BCUT2D eigenvalue weighted by molar-refractivity contribution is -0.462. The van der Waals surface area contributed by atoms with Crippen molar-refractivity contribution in [1.29, 1.82) is 0 Å². The lowest BCUT2D eigenvalue weighted by Gasteiger charge is -2.36. The molecule has 2 aliphatic carbocycles. The number of nitrogens with zero attached hydrogens (tertiary/aromatic N) is 2. The first kappa shape index (κ1) is 19.2. The van der Waals surface area contributed by atoms with Crippen LogP contribution in [0.1, 0.15) is 37.8 Å². The molecule has 0 atom stereocenters. The zero-order valence-electron chi connectivity index (χ0n) is 16.9. The lowest BCUT2D eigenvalue weighted by Crippen LogP contribution is -2.29. The molecule has 1 aromatic carbocycles. The largest absolute Gasteiger partial charge is 0.481 e. The topological polar surface area (TPSA) is 43.6 Å². The van der Waals surface area contributed by atoms with Crippen LogP contribution in [-0.2, 0) is 10.2 Å². The molecule has 4 heteroatoms. The first-order chi connectivity index (χ1) is 12.7. The SMILES string of the molecule is CN(CCCC(=O)O)c1ccc2c(c1)C(C)(C)C1=CC(=[N+](C)C)C=CC1=C2. The van der Waals surface area contributed by atoms with Crippen LogP contribution in [0.4, 0.5) is 5.69 Å². The van der Waals surface area contributed by atoms with E-state index < -0.39 is 5.97 Å². The average Bonchev–Trinajstić information content (AvgIpc) is 2.61. The normalized spacial score (nSPS) is 16.9. The molecular weight excluding hydrogens is 336 g/mol. The van der Waals surface area contributed by atoms with Crippen molar-refractivity contribution in [3.8, 4) is 0 Å². The summed E-state index contributed by atoms with van der Waals surface area (Å²) in [6, 6.07) is 6.58. The quantitative estimate of drug-likeness (QED) is 0.806. The van der Waals surface area contributed by atoms with Gasteiger partial charge in [0, 0.05) is 43.3 Å². The summed E-state index contributed by atoms with van der Waals surface area (Å²) < 4.78 is 2.14. The van der Waals surface area contributed by atoms with Crippen molar-refractivity contribution in [2.75, 3.05) is 32.6 Å². The van der Waals surface area contributed by atoms with Crippen LogP contribution in [-0.4, -0.2) is 49.1 Å². The molecule has 0 bridgehead atoms. The van der Waals surface area contributed by atoms with Crippen LogP contribution in [0.2, 0.25) is 0 Å². The van der Waals surface area contributed by atoms with Crippen molar-refractivity contribution in [2.24, 2.45) is 0 Å². The van der Waals surface area contributed by atoms with E-state index in [9.17, 15) is 4.79 Å². The third-order valence-electron chi connectivity index (χ3n) is 5.57. The zero-order chi connectivity index (χ0) is 19.8. The van der Waals surface area contributed by atoms with Gasteiger partial charge in [-0.1, -0.05) is 19.9 Å². The van der Waals surface area contributed by atoms with Gasteiger partial charge >= 0.3 is 5.97 Å². The van der Waals surface area contributed by atoms with Gasteiger partial charge in [-0.15, -0.1) is 0 Å². The van der Waals surface area contributed by atoms with Crippen LogP contribution in [0.15, 0.2) is 47.6 Å². The van der Waals surface area contributed by atoms with Gasteiger partial charge in [-0.2, -0.15) is 0 Å². The Morgan fingerprint density at radius 3 is 2.59 bits per heavy atom. The molecule has 0 spiro atoms. The lowest BCUT2D eigenvalue weighted by atomic mass is 9.67. The second kappa shape index (κ2) is 7.18. The predicted molar refractivity (Wildman–Crippen MR) is 112 cm³/mol. The zero-order valence-corrected chi connectivity index (χ0v) is 16.9. The summed E-state index contributed by atoms with van der Waals surface area (Å²) in [4.78, 5) is 12.9. The highest BCUT2D eigenvalue weighted by Crippen LogP contribution is 2.45. The van der Waals surface area contributed by atoms with E-state index in [1.165, 1.54) is 28.0 Å². The van der Waals surface area contributed by atoms with Crippen LogP contribution in [0, 0.1) is 0 Å². The number of hydrogen-bond acceptors (Lipinski definition) is 2. The number of fused-ring (bicyclic) bond motifs is 2. The fourth-order valence-electron chi connectivity index (χ4n) is 3.85. The van der Waals surface area contributed by atoms with Gasteiger partial charge in [-0.3, -0.25) is 4.79 Å². The summed E-state index contributed by atoms with van der Waals surface area (Å²) >= 11 is 0. The van der Waals surface area contributed by atoms with E-state index >= 15 is 0 Å².